The second-order valence-electron chi connectivity index (χ2n) is 8.24. The van der Waals surface area contributed by atoms with Crippen LogP contribution in [0.15, 0.2) is 34.3 Å². The molecule has 0 bridgehead atoms. The lowest BCUT2D eigenvalue weighted by Gasteiger charge is -2.39. The van der Waals surface area contributed by atoms with E-state index in [0.717, 1.165) is 6.34 Å². The maximum Gasteiger partial charge on any atom is 0.345 e. The highest BCUT2D eigenvalue weighted by Gasteiger charge is 2.35. The van der Waals surface area contributed by atoms with Gasteiger partial charge in [-0.1, -0.05) is 23.6 Å². The Hall–Kier alpha value is -3.65. The van der Waals surface area contributed by atoms with E-state index in [2.05, 4.69) is 26.7 Å². The quantitative estimate of drug-likeness (QED) is 0.322. The zero-order valence-corrected chi connectivity index (χ0v) is 20.3. The summed E-state index contributed by atoms with van der Waals surface area (Å²) in [5.41, 5.74) is 6.45. The van der Waals surface area contributed by atoms with Crippen molar-refractivity contribution in [2.45, 2.75) is 19.5 Å². The minimum absolute atomic E-state index is 0.0659. The van der Waals surface area contributed by atoms with Gasteiger partial charge in [-0.3, -0.25) is 4.90 Å². The summed E-state index contributed by atoms with van der Waals surface area (Å²) >= 11 is 6.33. The average molecular weight is 514 g/mol. The molecule has 1 atom stereocenters. The molecular formula is C25H25ClFN5O4. The molecule has 4 N–H and O–H groups in total. The predicted molar refractivity (Wildman–Crippen MR) is 135 cm³/mol. The van der Waals surface area contributed by atoms with E-state index in [9.17, 15) is 15.0 Å². The lowest BCUT2D eigenvalue weighted by molar-refractivity contribution is 0.0673. The third-order valence-electron chi connectivity index (χ3n) is 6.06. The second kappa shape index (κ2) is 11.0. The number of hydrogen-bond acceptors (Lipinski definition) is 5. The Morgan fingerprint density at radius 2 is 2.19 bits per heavy atom. The third kappa shape index (κ3) is 4.99. The number of phenols is 1. The maximum atomic E-state index is 16.0. The van der Waals surface area contributed by atoms with Crippen molar-refractivity contribution in [3.05, 3.63) is 46.2 Å². The normalized spacial score (nSPS) is 18.1. The summed E-state index contributed by atoms with van der Waals surface area (Å²) in [7, 11) is 0. The molecule has 0 aromatic heterocycles. The van der Waals surface area contributed by atoms with E-state index in [1.54, 1.807) is 25.1 Å². The lowest BCUT2D eigenvalue weighted by Crippen LogP contribution is -2.55. The molecule has 2 aromatic carbocycles. The Labute approximate surface area is 212 Å². The zero-order chi connectivity index (χ0) is 25.8. The smallest absolute Gasteiger partial charge is 0.345 e. The van der Waals surface area contributed by atoms with E-state index in [4.69, 9.17) is 22.1 Å². The SMILES string of the molecule is CC#Cc1cc2c(c(F)c1-c1c(O)cccc1Cl)OCC1CN(C(=O)/N=C(\CO)N=CN)CCN1C2. The molecule has 2 aromatic rings. The van der Waals surface area contributed by atoms with Crippen LogP contribution in [0.1, 0.15) is 18.1 Å². The number of piperazine rings is 1. The van der Waals surface area contributed by atoms with E-state index in [1.165, 1.54) is 11.0 Å². The molecule has 2 aliphatic rings. The van der Waals surface area contributed by atoms with Crippen molar-refractivity contribution in [1.82, 2.24) is 9.80 Å². The average Bonchev–Trinajstić information content (AvgIpc) is 3.04. The van der Waals surface area contributed by atoms with Gasteiger partial charge in [-0.2, -0.15) is 4.99 Å². The van der Waals surface area contributed by atoms with Crippen LogP contribution in [0.2, 0.25) is 5.02 Å². The molecule has 2 heterocycles. The predicted octanol–water partition coefficient (Wildman–Crippen LogP) is 2.60. The molecule has 2 amide bonds. The van der Waals surface area contributed by atoms with Crippen molar-refractivity contribution in [2.24, 2.45) is 15.7 Å². The van der Waals surface area contributed by atoms with Gasteiger partial charge in [0.1, 0.15) is 19.0 Å². The number of rotatable bonds is 2. The van der Waals surface area contributed by atoms with Crippen molar-refractivity contribution in [3.8, 4) is 34.5 Å². The molecule has 1 fully saturated rings. The molecular weight excluding hydrogens is 489 g/mol. The molecule has 36 heavy (non-hydrogen) atoms. The summed E-state index contributed by atoms with van der Waals surface area (Å²) in [6.07, 6.45) is 0.957. The monoisotopic (exact) mass is 513 g/mol. The van der Waals surface area contributed by atoms with Crippen LogP contribution in [0.25, 0.3) is 11.1 Å². The van der Waals surface area contributed by atoms with E-state index >= 15 is 4.39 Å². The molecule has 9 nitrogen and oxygen atoms in total. The highest BCUT2D eigenvalue weighted by Crippen LogP contribution is 2.43. The number of hydrogen-bond donors (Lipinski definition) is 3. The molecule has 0 saturated carbocycles. The van der Waals surface area contributed by atoms with Gasteiger partial charge in [-0.05, 0) is 25.1 Å². The van der Waals surface area contributed by atoms with Crippen LogP contribution in [0, 0.1) is 17.7 Å². The van der Waals surface area contributed by atoms with Crippen molar-refractivity contribution < 1.29 is 24.1 Å². The van der Waals surface area contributed by atoms with Gasteiger partial charge < -0.3 is 25.6 Å². The van der Waals surface area contributed by atoms with Crippen LogP contribution in [0.4, 0.5) is 9.18 Å². The van der Waals surface area contributed by atoms with Gasteiger partial charge >= 0.3 is 6.03 Å². The Bertz CT molecular complexity index is 1280. The molecule has 0 spiro atoms. The zero-order valence-electron chi connectivity index (χ0n) is 19.5. The fourth-order valence-corrected chi connectivity index (χ4v) is 4.66. The fraction of sp³-hybridized carbons (Fsp3) is 0.320. The first-order valence-electron chi connectivity index (χ1n) is 11.2. The Balaban J connectivity index is 1.66. The number of ether oxygens (including phenoxy) is 1. The van der Waals surface area contributed by atoms with Gasteiger partial charge in [0.05, 0.1) is 17.4 Å². The van der Waals surface area contributed by atoms with E-state index in [0.29, 0.717) is 37.3 Å². The van der Waals surface area contributed by atoms with Crippen LogP contribution in [0.5, 0.6) is 11.5 Å². The molecule has 1 unspecified atom stereocenters. The Kier molecular flexibility index (Phi) is 7.74. The Morgan fingerprint density at radius 1 is 1.39 bits per heavy atom. The van der Waals surface area contributed by atoms with Gasteiger partial charge in [-0.15, -0.1) is 5.92 Å². The molecule has 188 valence electrons. The summed E-state index contributed by atoms with van der Waals surface area (Å²) in [6.45, 7) is 2.82. The van der Waals surface area contributed by atoms with Gasteiger partial charge in [0, 0.05) is 48.4 Å². The van der Waals surface area contributed by atoms with Crippen LogP contribution in [-0.4, -0.2) is 77.1 Å². The number of amides is 2. The molecule has 2 aliphatic heterocycles. The summed E-state index contributed by atoms with van der Waals surface area (Å²) in [5.74, 6) is 4.89. The number of fused-ring (bicyclic) bond motifs is 2. The number of amidine groups is 1. The topological polar surface area (TPSA) is 124 Å². The van der Waals surface area contributed by atoms with Gasteiger partial charge in [0.2, 0.25) is 0 Å². The van der Waals surface area contributed by atoms with Gasteiger partial charge in [0.25, 0.3) is 0 Å². The second-order valence-corrected chi connectivity index (χ2v) is 8.65. The first kappa shape index (κ1) is 25.4. The number of aliphatic hydroxyl groups is 1. The number of aliphatic hydroxyl groups excluding tert-OH is 1. The number of aliphatic imine (C=N–C) groups is 2. The molecule has 11 heteroatoms. The van der Waals surface area contributed by atoms with Crippen LogP contribution in [0.3, 0.4) is 0 Å². The number of aromatic hydroxyl groups is 1. The summed E-state index contributed by atoms with van der Waals surface area (Å²) in [6, 6.07) is 5.57. The number of phenolic OH excluding ortho intramolecular Hbond substituents is 1. The van der Waals surface area contributed by atoms with Crippen LogP contribution in [-0.2, 0) is 6.54 Å². The molecule has 4 rings (SSSR count). The van der Waals surface area contributed by atoms with Gasteiger partial charge in [0.15, 0.2) is 17.4 Å². The fourth-order valence-electron chi connectivity index (χ4n) is 4.40. The first-order valence-corrected chi connectivity index (χ1v) is 11.6. The number of nitrogens with two attached hydrogens (primary N) is 1. The van der Waals surface area contributed by atoms with E-state index in [1.807, 2.05) is 0 Å². The lowest BCUT2D eigenvalue weighted by atomic mass is 9.95. The molecule has 1 saturated heterocycles. The number of halogens is 2. The number of carbonyl (C=O) groups is 1. The Morgan fingerprint density at radius 3 is 2.89 bits per heavy atom. The number of carbonyl (C=O) groups excluding carboxylic acids is 1. The largest absolute Gasteiger partial charge is 0.507 e. The number of benzene rings is 2. The summed E-state index contributed by atoms with van der Waals surface area (Å²) in [5, 5.41) is 19.9. The maximum absolute atomic E-state index is 16.0. The minimum Gasteiger partial charge on any atom is -0.507 e. The van der Waals surface area contributed by atoms with E-state index in [-0.39, 0.29) is 46.1 Å². The van der Waals surface area contributed by atoms with Crippen molar-refractivity contribution >= 4 is 29.8 Å². The van der Waals surface area contributed by atoms with Crippen LogP contribution < -0.4 is 10.5 Å². The minimum atomic E-state index is -0.654. The van der Waals surface area contributed by atoms with Crippen molar-refractivity contribution in [2.75, 3.05) is 32.8 Å². The summed E-state index contributed by atoms with van der Waals surface area (Å²) < 4.78 is 21.9. The summed E-state index contributed by atoms with van der Waals surface area (Å²) in [4.78, 5) is 23.7. The highest BCUT2D eigenvalue weighted by molar-refractivity contribution is 6.33. The van der Waals surface area contributed by atoms with Crippen molar-refractivity contribution in [3.63, 3.8) is 0 Å². The van der Waals surface area contributed by atoms with Crippen molar-refractivity contribution in [1.29, 1.82) is 0 Å². The number of nitrogens with zero attached hydrogens (tertiary/aromatic N) is 4. The van der Waals surface area contributed by atoms with Gasteiger partial charge in [-0.25, -0.2) is 14.2 Å². The first-order chi connectivity index (χ1) is 17.4. The van der Waals surface area contributed by atoms with E-state index < -0.39 is 18.5 Å². The molecule has 0 aliphatic carbocycles. The molecule has 0 radical (unpaired) electrons. The highest BCUT2D eigenvalue weighted by atomic mass is 35.5. The standard InChI is InChI=1S/C25H25ClFN5O4/c1-2-4-15-9-16-10-31-7-8-32(25(35)30-20(12-33)29-14-28)11-17(31)13-36-24(16)23(27)21(15)22-18(26)5-3-6-19(22)34/h3,5-6,9,14,17,33-34H,7-8,10-13H2,1H3,(H2,28,29,30,35). The van der Waals surface area contributed by atoms with Crippen LogP contribution >= 0.6 is 11.6 Å². The third-order valence-corrected chi connectivity index (χ3v) is 6.37. The number of urea groups is 1.